The fourth-order valence-corrected chi connectivity index (χ4v) is 5.57. The van der Waals surface area contributed by atoms with Crippen LogP contribution in [0, 0.1) is 6.92 Å². The number of likely N-dealkylation sites (tertiary alicyclic amines) is 1. The fraction of sp³-hybridized carbons (Fsp3) is 0.600. The van der Waals surface area contributed by atoms with Crippen LogP contribution in [0.25, 0.3) is 0 Å². The molecular formula is C25H32N2O6. The fourth-order valence-electron chi connectivity index (χ4n) is 5.57. The molecule has 5 rings (SSSR count). The summed E-state index contributed by atoms with van der Waals surface area (Å²) in [5, 5.41) is 11.0. The van der Waals surface area contributed by atoms with E-state index in [0.717, 1.165) is 67.8 Å². The van der Waals surface area contributed by atoms with Gasteiger partial charge < -0.3 is 29.1 Å². The summed E-state index contributed by atoms with van der Waals surface area (Å²) in [6, 6.07) is 3.63. The molecule has 178 valence electrons. The standard InChI is InChI=1S/C25H32N2O6/c1-16-18(3-4-19-20(16)14-31-24(19)30)22(28)13-26-8-5-25(6-9-26)7-10-27(11-12-33-25)21-15-32-23(29)17(21)2/h3-4,22,28H,5-15H2,1-2H3/t22-/m0/s1. The predicted molar refractivity (Wildman–Crippen MR) is 119 cm³/mol. The van der Waals surface area contributed by atoms with E-state index in [-0.39, 0.29) is 24.1 Å². The molecule has 0 bridgehead atoms. The number of ether oxygens (including phenoxy) is 3. The molecule has 2 saturated heterocycles. The monoisotopic (exact) mass is 456 g/mol. The number of benzene rings is 1. The number of hydrogen-bond donors (Lipinski definition) is 1. The van der Waals surface area contributed by atoms with Gasteiger partial charge in [-0.2, -0.15) is 0 Å². The molecule has 0 unspecified atom stereocenters. The van der Waals surface area contributed by atoms with Gasteiger partial charge in [-0.15, -0.1) is 0 Å². The smallest absolute Gasteiger partial charge is 0.338 e. The summed E-state index contributed by atoms with van der Waals surface area (Å²) >= 11 is 0. The number of β-amino-alcohol motifs (C(OH)–C–C–N with tert-alkyl or cyclic N) is 1. The van der Waals surface area contributed by atoms with Crippen molar-refractivity contribution < 1.29 is 28.9 Å². The highest BCUT2D eigenvalue weighted by molar-refractivity contribution is 5.94. The summed E-state index contributed by atoms with van der Waals surface area (Å²) in [6.45, 7) is 9.02. The van der Waals surface area contributed by atoms with Gasteiger partial charge in [-0.25, -0.2) is 9.59 Å². The van der Waals surface area contributed by atoms with Crippen LogP contribution < -0.4 is 0 Å². The normalized spacial score (nSPS) is 24.0. The number of carbonyl (C=O) groups is 2. The zero-order valence-electron chi connectivity index (χ0n) is 19.4. The van der Waals surface area contributed by atoms with E-state index in [2.05, 4.69) is 9.80 Å². The number of fused-ring (bicyclic) bond motifs is 1. The zero-order valence-corrected chi connectivity index (χ0v) is 19.4. The van der Waals surface area contributed by atoms with Crippen molar-refractivity contribution in [2.75, 3.05) is 45.9 Å². The summed E-state index contributed by atoms with van der Waals surface area (Å²) < 4.78 is 16.7. The molecule has 33 heavy (non-hydrogen) atoms. The quantitative estimate of drug-likeness (QED) is 0.689. The van der Waals surface area contributed by atoms with E-state index in [1.54, 1.807) is 6.07 Å². The first-order valence-electron chi connectivity index (χ1n) is 11.8. The number of rotatable bonds is 4. The van der Waals surface area contributed by atoms with Crippen LogP contribution in [0.2, 0.25) is 0 Å². The lowest BCUT2D eigenvalue weighted by Gasteiger charge is -2.41. The lowest BCUT2D eigenvalue weighted by molar-refractivity contribution is -0.136. The van der Waals surface area contributed by atoms with Crippen molar-refractivity contribution in [1.29, 1.82) is 0 Å². The second-order valence-corrected chi connectivity index (χ2v) is 9.61. The van der Waals surface area contributed by atoms with Crippen LogP contribution in [0.15, 0.2) is 23.4 Å². The Balaban J connectivity index is 1.18. The summed E-state index contributed by atoms with van der Waals surface area (Å²) in [4.78, 5) is 28.1. The number of hydrogen-bond acceptors (Lipinski definition) is 8. The van der Waals surface area contributed by atoms with Gasteiger partial charge in [0.05, 0.1) is 35.1 Å². The maximum absolute atomic E-state index is 11.8. The molecule has 4 aliphatic heterocycles. The number of esters is 2. The number of piperidine rings is 1. The van der Waals surface area contributed by atoms with Crippen LogP contribution in [-0.2, 0) is 25.6 Å². The van der Waals surface area contributed by atoms with Gasteiger partial charge in [-0.3, -0.25) is 0 Å². The first kappa shape index (κ1) is 22.4. The van der Waals surface area contributed by atoms with Crippen molar-refractivity contribution in [3.63, 3.8) is 0 Å². The first-order chi connectivity index (χ1) is 15.9. The van der Waals surface area contributed by atoms with E-state index in [1.807, 2.05) is 19.9 Å². The maximum atomic E-state index is 11.8. The highest BCUT2D eigenvalue weighted by Crippen LogP contribution is 2.35. The predicted octanol–water partition coefficient (Wildman–Crippen LogP) is 2.09. The van der Waals surface area contributed by atoms with Crippen molar-refractivity contribution in [1.82, 2.24) is 9.80 Å². The molecular weight excluding hydrogens is 424 g/mol. The third kappa shape index (κ3) is 4.16. The zero-order chi connectivity index (χ0) is 23.2. The molecule has 0 saturated carbocycles. The number of nitrogens with zero attached hydrogens (tertiary/aromatic N) is 2. The van der Waals surface area contributed by atoms with E-state index < -0.39 is 6.10 Å². The number of carbonyl (C=O) groups excluding carboxylic acids is 2. The van der Waals surface area contributed by atoms with Crippen LogP contribution in [0.4, 0.5) is 0 Å². The number of cyclic esters (lactones) is 2. The summed E-state index contributed by atoms with van der Waals surface area (Å²) in [5.74, 6) is -0.495. The summed E-state index contributed by atoms with van der Waals surface area (Å²) in [7, 11) is 0. The average molecular weight is 457 g/mol. The van der Waals surface area contributed by atoms with Gasteiger partial charge in [0.25, 0.3) is 0 Å². The molecule has 1 N–H and O–H groups in total. The molecule has 4 aliphatic rings. The van der Waals surface area contributed by atoms with Crippen molar-refractivity contribution in [3.05, 3.63) is 45.7 Å². The third-order valence-corrected chi connectivity index (χ3v) is 7.83. The van der Waals surface area contributed by atoms with Gasteiger partial charge >= 0.3 is 11.9 Å². The van der Waals surface area contributed by atoms with Gasteiger partial charge in [0.15, 0.2) is 0 Å². The second kappa shape index (κ2) is 8.74. The van der Waals surface area contributed by atoms with Crippen LogP contribution >= 0.6 is 0 Å². The number of aliphatic hydroxyl groups is 1. The van der Waals surface area contributed by atoms with Crippen molar-refractivity contribution in [2.45, 2.75) is 51.4 Å². The molecule has 0 radical (unpaired) electrons. The molecule has 8 nitrogen and oxygen atoms in total. The van der Waals surface area contributed by atoms with E-state index in [0.29, 0.717) is 30.9 Å². The minimum atomic E-state index is -0.611. The number of aliphatic hydroxyl groups excluding tert-OH is 1. The van der Waals surface area contributed by atoms with Crippen LogP contribution in [0.1, 0.15) is 59.3 Å². The SMILES string of the molecule is CC1=C(N2CCOC3(CCN(C[C@H](O)c4ccc5c(c4C)COC5=O)CC3)CC2)COC1=O. The third-order valence-electron chi connectivity index (χ3n) is 7.83. The Labute approximate surface area is 194 Å². The van der Waals surface area contributed by atoms with Gasteiger partial charge in [-0.1, -0.05) is 6.07 Å². The Morgan fingerprint density at radius 3 is 2.45 bits per heavy atom. The Hall–Kier alpha value is -2.42. The summed E-state index contributed by atoms with van der Waals surface area (Å²) in [6.07, 6.45) is 2.16. The molecule has 0 aromatic heterocycles. The van der Waals surface area contributed by atoms with E-state index in [4.69, 9.17) is 14.2 Å². The molecule has 0 amide bonds. The topological polar surface area (TPSA) is 88.5 Å². The van der Waals surface area contributed by atoms with Gasteiger partial charge in [0.1, 0.15) is 13.2 Å². The van der Waals surface area contributed by atoms with Crippen LogP contribution in [0.5, 0.6) is 0 Å². The summed E-state index contributed by atoms with van der Waals surface area (Å²) in [5.41, 5.74) is 4.89. The van der Waals surface area contributed by atoms with Gasteiger partial charge in [0, 0.05) is 38.3 Å². The second-order valence-electron chi connectivity index (χ2n) is 9.61. The van der Waals surface area contributed by atoms with Crippen LogP contribution in [-0.4, -0.2) is 78.4 Å². The average Bonchev–Trinajstić information content (AvgIpc) is 3.27. The van der Waals surface area contributed by atoms with Gasteiger partial charge in [-0.05, 0) is 50.3 Å². The van der Waals surface area contributed by atoms with E-state index in [1.165, 1.54) is 0 Å². The van der Waals surface area contributed by atoms with Crippen molar-refractivity contribution in [2.24, 2.45) is 0 Å². The molecule has 2 fully saturated rings. The molecule has 8 heteroatoms. The van der Waals surface area contributed by atoms with Gasteiger partial charge in [0.2, 0.25) is 0 Å². The van der Waals surface area contributed by atoms with Crippen LogP contribution in [0.3, 0.4) is 0 Å². The van der Waals surface area contributed by atoms with E-state index >= 15 is 0 Å². The largest absolute Gasteiger partial charge is 0.457 e. The van der Waals surface area contributed by atoms with Crippen molar-refractivity contribution in [3.8, 4) is 0 Å². The minimum absolute atomic E-state index is 0.144. The van der Waals surface area contributed by atoms with E-state index in [9.17, 15) is 14.7 Å². The molecule has 1 aromatic carbocycles. The molecule has 1 spiro atoms. The lowest BCUT2D eigenvalue weighted by Crippen LogP contribution is -2.47. The Kier molecular flexibility index (Phi) is 5.93. The maximum Gasteiger partial charge on any atom is 0.338 e. The first-order valence-corrected chi connectivity index (χ1v) is 11.8. The highest BCUT2D eigenvalue weighted by atomic mass is 16.5. The Morgan fingerprint density at radius 1 is 1.00 bits per heavy atom. The molecule has 1 atom stereocenters. The molecule has 0 aliphatic carbocycles. The molecule has 4 heterocycles. The molecule has 1 aromatic rings. The highest BCUT2D eigenvalue weighted by Gasteiger charge is 2.39. The minimum Gasteiger partial charge on any atom is -0.457 e. The lowest BCUT2D eigenvalue weighted by atomic mass is 9.87. The van der Waals surface area contributed by atoms with Crippen molar-refractivity contribution >= 4 is 11.9 Å². The Bertz CT molecular complexity index is 995. The Morgan fingerprint density at radius 2 is 1.73 bits per heavy atom.